The third kappa shape index (κ3) is 2.15. The molecule has 4 heteroatoms. The highest BCUT2D eigenvalue weighted by Gasteiger charge is 2.36. The Bertz CT molecular complexity index is 350. The summed E-state index contributed by atoms with van der Waals surface area (Å²) in [7, 11) is 0. The fourth-order valence-electron chi connectivity index (χ4n) is 1.23. The van der Waals surface area contributed by atoms with Crippen molar-refractivity contribution in [1.29, 1.82) is 0 Å². The molecule has 0 aliphatic heterocycles. The summed E-state index contributed by atoms with van der Waals surface area (Å²) in [5.74, 6) is -0.0933. The summed E-state index contributed by atoms with van der Waals surface area (Å²) >= 11 is 5.59. The first kappa shape index (κ1) is 9.71. The average Bonchev–Trinajstić information content (AvgIpc) is 2.83. The molecule has 1 saturated carbocycles. The molecule has 0 spiro atoms. The Kier molecular flexibility index (Phi) is 2.35. The van der Waals surface area contributed by atoms with Gasteiger partial charge in [-0.05, 0) is 24.3 Å². The molecule has 14 heavy (non-hydrogen) atoms. The van der Waals surface area contributed by atoms with Gasteiger partial charge in [0.15, 0.2) is 11.6 Å². The zero-order valence-corrected chi connectivity index (χ0v) is 8.74. The van der Waals surface area contributed by atoms with Gasteiger partial charge in [-0.1, -0.05) is 18.5 Å². The molecule has 1 aliphatic rings. The SMILES string of the molecule is CC1(CNc2ncc(Cl)cc2F)CC1. The number of rotatable bonds is 3. The molecule has 1 aromatic rings. The van der Waals surface area contributed by atoms with Crippen molar-refractivity contribution in [3.63, 3.8) is 0 Å². The van der Waals surface area contributed by atoms with Crippen molar-refractivity contribution in [3.05, 3.63) is 23.1 Å². The first-order chi connectivity index (χ1) is 6.59. The second-order valence-electron chi connectivity index (χ2n) is 4.15. The van der Waals surface area contributed by atoms with Crippen molar-refractivity contribution in [2.75, 3.05) is 11.9 Å². The Morgan fingerprint density at radius 3 is 2.93 bits per heavy atom. The highest BCUT2D eigenvalue weighted by molar-refractivity contribution is 6.30. The Morgan fingerprint density at radius 2 is 2.36 bits per heavy atom. The zero-order valence-electron chi connectivity index (χ0n) is 7.98. The highest BCUT2D eigenvalue weighted by atomic mass is 35.5. The van der Waals surface area contributed by atoms with E-state index in [9.17, 15) is 4.39 Å². The van der Waals surface area contributed by atoms with Crippen LogP contribution in [0, 0.1) is 11.2 Å². The van der Waals surface area contributed by atoms with Crippen molar-refractivity contribution in [2.45, 2.75) is 19.8 Å². The quantitative estimate of drug-likeness (QED) is 0.837. The molecule has 0 atom stereocenters. The normalized spacial score (nSPS) is 17.9. The fourth-order valence-corrected chi connectivity index (χ4v) is 1.38. The van der Waals surface area contributed by atoms with E-state index in [2.05, 4.69) is 17.2 Å². The van der Waals surface area contributed by atoms with E-state index in [0.717, 1.165) is 6.54 Å². The summed E-state index contributed by atoms with van der Waals surface area (Å²) in [5, 5.41) is 3.32. The molecule has 1 aliphatic carbocycles. The fraction of sp³-hybridized carbons (Fsp3) is 0.500. The summed E-state index contributed by atoms with van der Waals surface area (Å²) < 4.78 is 13.2. The summed E-state index contributed by atoms with van der Waals surface area (Å²) in [6.07, 6.45) is 3.85. The van der Waals surface area contributed by atoms with Gasteiger partial charge < -0.3 is 5.32 Å². The van der Waals surface area contributed by atoms with Crippen molar-refractivity contribution in [2.24, 2.45) is 5.41 Å². The van der Waals surface area contributed by atoms with Crippen LogP contribution in [0.5, 0.6) is 0 Å². The lowest BCUT2D eigenvalue weighted by Crippen LogP contribution is -2.13. The van der Waals surface area contributed by atoms with Crippen molar-refractivity contribution in [3.8, 4) is 0 Å². The minimum Gasteiger partial charge on any atom is -0.367 e. The Balaban J connectivity index is 2.02. The van der Waals surface area contributed by atoms with E-state index < -0.39 is 0 Å². The second-order valence-corrected chi connectivity index (χ2v) is 4.58. The Labute approximate surface area is 87.5 Å². The van der Waals surface area contributed by atoms with E-state index in [1.807, 2.05) is 0 Å². The van der Waals surface area contributed by atoms with E-state index in [1.165, 1.54) is 25.1 Å². The van der Waals surface area contributed by atoms with Crippen LogP contribution in [0.1, 0.15) is 19.8 Å². The van der Waals surface area contributed by atoms with Gasteiger partial charge in [-0.25, -0.2) is 9.37 Å². The van der Waals surface area contributed by atoms with Crippen LogP contribution >= 0.6 is 11.6 Å². The van der Waals surface area contributed by atoms with Crippen molar-refractivity contribution in [1.82, 2.24) is 4.98 Å². The third-order valence-corrected chi connectivity index (χ3v) is 2.80. The molecule has 76 valence electrons. The first-order valence-corrected chi connectivity index (χ1v) is 5.02. The molecule has 1 fully saturated rings. The van der Waals surface area contributed by atoms with Gasteiger partial charge in [0.1, 0.15) is 0 Å². The summed E-state index contributed by atoms with van der Waals surface area (Å²) in [6.45, 7) is 2.95. The van der Waals surface area contributed by atoms with Crippen LogP contribution in [0.15, 0.2) is 12.3 Å². The number of hydrogen-bond donors (Lipinski definition) is 1. The highest BCUT2D eigenvalue weighted by Crippen LogP contribution is 2.44. The molecular weight excluding hydrogens is 203 g/mol. The Morgan fingerprint density at radius 1 is 1.64 bits per heavy atom. The predicted octanol–water partition coefficient (Wildman–Crippen LogP) is 3.09. The minimum atomic E-state index is -0.387. The predicted molar refractivity (Wildman–Crippen MR) is 55.0 cm³/mol. The van der Waals surface area contributed by atoms with Crippen LogP contribution in [0.25, 0.3) is 0 Å². The molecule has 1 heterocycles. The smallest absolute Gasteiger partial charge is 0.166 e. The van der Waals surface area contributed by atoms with E-state index >= 15 is 0 Å². The molecule has 2 rings (SSSR count). The van der Waals surface area contributed by atoms with Gasteiger partial charge in [-0.3, -0.25) is 0 Å². The number of pyridine rings is 1. The third-order valence-electron chi connectivity index (χ3n) is 2.59. The molecule has 0 bridgehead atoms. The number of anilines is 1. The molecular formula is C10H12ClFN2. The number of hydrogen-bond acceptors (Lipinski definition) is 2. The first-order valence-electron chi connectivity index (χ1n) is 4.64. The van der Waals surface area contributed by atoms with E-state index in [0.29, 0.717) is 16.3 Å². The molecule has 2 nitrogen and oxygen atoms in total. The topological polar surface area (TPSA) is 24.9 Å². The minimum absolute atomic E-state index is 0.294. The van der Waals surface area contributed by atoms with Gasteiger partial charge >= 0.3 is 0 Å². The number of aromatic nitrogens is 1. The van der Waals surface area contributed by atoms with Gasteiger partial charge in [0.25, 0.3) is 0 Å². The van der Waals surface area contributed by atoms with Crippen molar-refractivity contribution >= 4 is 17.4 Å². The molecule has 1 aromatic heterocycles. The van der Waals surface area contributed by atoms with Crippen LogP contribution < -0.4 is 5.32 Å². The van der Waals surface area contributed by atoms with Gasteiger partial charge in [0.2, 0.25) is 0 Å². The Hall–Kier alpha value is -0.830. The summed E-state index contributed by atoms with van der Waals surface area (Å²) in [4.78, 5) is 3.89. The molecule has 0 unspecified atom stereocenters. The second kappa shape index (κ2) is 3.39. The summed E-state index contributed by atoms with van der Waals surface area (Å²) in [6, 6.07) is 1.27. The largest absolute Gasteiger partial charge is 0.367 e. The molecule has 0 amide bonds. The average molecular weight is 215 g/mol. The van der Waals surface area contributed by atoms with E-state index in [4.69, 9.17) is 11.6 Å². The lowest BCUT2D eigenvalue weighted by atomic mass is 10.1. The van der Waals surface area contributed by atoms with Crippen LogP contribution in [0.3, 0.4) is 0 Å². The van der Waals surface area contributed by atoms with Crippen LogP contribution in [-0.2, 0) is 0 Å². The van der Waals surface area contributed by atoms with Gasteiger partial charge in [-0.2, -0.15) is 0 Å². The zero-order chi connectivity index (χ0) is 10.2. The van der Waals surface area contributed by atoms with E-state index in [-0.39, 0.29) is 5.82 Å². The molecule has 0 aromatic carbocycles. The maximum atomic E-state index is 13.2. The maximum absolute atomic E-state index is 13.2. The molecule has 0 radical (unpaired) electrons. The standard InChI is InChI=1S/C10H12ClFN2/c1-10(2-3-10)6-14-9-8(12)4-7(11)5-13-9/h4-5H,2-3,6H2,1H3,(H,13,14). The summed E-state index contributed by atoms with van der Waals surface area (Å²) in [5.41, 5.74) is 0.341. The lowest BCUT2D eigenvalue weighted by molar-refractivity contribution is 0.593. The van der Waals surface area contributed by atoms with Crippen LogP contribution in [0.2, 0.25) is 5.02 Å². The van der Waals surface area contributed by atoms with Gasteiger partial charge in [-0.15, -0.1) is 0 Å². The monoisotopic (exact) mass is 214 g/mol. The van der Waals surface area contributed by atoms with Crippen LogP contribution in [-0.4, -0.2) is 11.5 Å². The maximum Gasteiger partial charge on any atom is 0.166 e. The molecule has 0 saturated heterocycles. The number of nitrogens with zero attached hydrogens (tertiary/aromatic N) is 1. The van der Waals surface area contributed by atoms with Crippen molar-refractivity contribution < 1.29 is 4.39 Å². The number of nitrogens with one attached hydrogen (secondary N) is 1. The number of halogens is 2. The van der Waals surface area contributed by atoms with E-state index in [1.54, 1.807) is 0 Å². The van der Waals surface area contributed by atoms with Crippen LogP contribution in [0.4, 0.5) is 10.2 Å². The van der Waals surface area contributed by atoms with Gasteiger partial charge in [0.05, 0.1) is 5.02 Å². The molecule has 1 N–H and O–H groups in total. The van der Waals surface area contributed by atoms with Gasteiger partial charge in [0, 0.05) is 12.7 Å². The lowest BCUT2D eigenvalue weighted by Gasteiger charge is -2.10.